The molecule has 0 bridgehead atoms. The molecule has 8 heteroatoms. The van der Waals surface area contributed by atoms with Crippen LogP contribution < -0.4 is 5.73 Å². The average molecular weight is 324 g/mol. The summed E-state index contributed by atoms with van der Waals surface area (Å²) in [4.78, 5) is 33.6. The molecule has 2 heterocycles. The molecule has 0 radical (unpaired) electrons. The van der Waals surface area contributed by atoms with Gasteiger partial charge < -0.3 is 15.4 Å². The average Bonchev–Trinajstić information content (AvgIpc) is 2.53. The Labute approximate surface area is 133 Å². The van der Waals surface area contributed by atoms with Gasteiger partial charge in [-0.05, 0) is 26.2 Å². The highest BCUT2D eigenvalue weighted by molar-refractivity contribution is 7.99. The Kier molecular flexibility index (Phi) is 6.00. The fourth-order valence-electron chi connectivity index (χ4n) is 2.17. The number of nitrogens with zero attached hydrogens (tertiary/aromatic N) is 3. The predicted molar refractivity (Wildman–Crippen MR) is 83.6 cm³/mol. The number of nitrogens with two attached hydrogens (primary N) is 1. The van der Waals surface area contributed by atoms with Crippen molar-refractivity contribution in [3.63, 3.8) is 0 Å². The molecule has 0 aliphatic carbocycles. The van der Waals surface area contributed by atoms with Gasteiger partial charge in [0, 0.05) is 19.3 Å². The number of ether oxygens (including phenoxy) is 1. The minimum atomic E-state index is -0.541. The van der Waals surface area contributed by atoms with Crippen molar-refractivity contribution in [2.75, 3.05) is 31.2 Å². The van der Waals surface area contributed by atoms with E-state index in [1.54, 1.807) is 6.92 Å². The Hall–Kier alpha value is -1.83. The Morgan fingerprint density at radius 3 is 2.73 bits per heavy atom. The van der Waals surface area contributed by atoms with Gasteiger partial charge >= 0.3 is 5.97 Å². The molecule has 1 aliphatic rings. The second-order valence-electron chi connectivity index (χ2n) is 4.90. The topological polar surface area (TPSA) is 98.4 Å². The molecule has 1 aliphatic heterocycles. The third-order valence-corrected chi connectivity index (χ3v) is 4.17. The van der Waals surface area contributed by atoms with Crippen molar-refractivity contribution in [3.8, 4) is 0 Å². The van der Waals surface area contributed by atoms with Crippen molar-refractivity contribution >= 4 is 29.5 Å². The van der Waals surface area contributed by atoms with Crippen LogP contribution in [0.5, 0.6) is 0 Å². The lowest BCUT2D eigenvalue weighted by Crippen LogP contribution is -2.36. The first-order valence-electron chi connectivity index (χ1n) is 7.32. The van der Waals surface area contributed by atoms with Crippen LogP contribution in [0.15, 0.2) is 11.4 Å². The molecule has 0 spiro atoms. The van der Waals surface area contributed by atoms with Crippen LogP contribution in [0.2, 0.25) is 0 Å². The number of amides is 1. The lowest BCUT2D eigenvalue weighted by Gasteiger charge is -2.26. The Morgan fingerprint density at radius 1 is 1.36 bits per heavy atom. The number of anilines is 1. The van der Waals surface area contributed by atoms with E-state index in [1.165, 1.54) is 24.4 Å². The third kappa shape index (κ3) is 4.33. The van der Waals surface area contributed by atoms with Gasteiger partial charge in [-0.1, -0.05) is 11.8 Å². The zero-order chi connectivity index (χ0) is 15.9. The van der Waals surface area contributed by atoms with Gasteiger partial charge in [-0.2, -0.15) is 0 Å². The highest BCUT2D eigenvalue weighted by Gasteiger charge is 2.18. The van der Waals surface area contributed by atoms with E-state index in [1.807, 2.05) is 4.90 Å². The number of aromatic nitrogens is 2. The van der Waals surface area contributed by atoms with Crippen LogP contribution in [0.1, 0.15) is 36.5 Å². The van der Waals surface area contributed by atoms with E-state index in [0.29, 0.717) is 5.16 Å². The summed E-state index contributed by atoms with van der Waals surface area (Å²) in [6.45, 7) is 3.62. The molecule has 2 rings (SSSR count). The molecule has 7 nitrogen and oxygen atoms in total. The van der Waals surface area contributed by atoms with Gasteiger partial charge in [0.05, 0.1) is 12.4 Å². The highest BCUT2D eigenvalue weighted by Crippen LogP contribution is 2.18. The smallest absolute Gasteiger partial charge is 0.343 e. The molecular formula is C14H20N4O3S. The molecule has 0 unspecified atom stereocenters. The van der Waals surface area contributed by atoms with E-state index in [9.17, 15) is 9.59 Å². The molecule has 1 saturated heterocycles. The normalized spacial score (nSPS) is 14.7. The summed E-state index contributed by atoms with van der Waals surface area (Å²) >= 11 is 1.22. The van der Waals surface area contributed by atoms with E-state index < -0.39 is 5.97 Å². The molecule has 1 amide bonds. The fourth-order valence-corrected chi connectivity index (χ4v) is 2.90. The Morgan fingerprint density at radius 2 is 2.09 bits per heavy atom. The maximum Gasteiger partial charge on any atom is 0.343 e. The van der Waals surface area contributed by atoms with Gasteiger partial charge in [-0.3, -0.25) is 4.79 Å². The van der Waals surface area contributed by atoms with Crippen molar-refractivity contribution in [1.29, 1.82) is 0 Å². The van der Waals surface area contributed by atoms with Gasteiger partial charge in [0.1, 0.15) is 11.4 Å². The van der Waals surface area contributed by atoms with Crippen LogP contribution in [0, 0.1) is 0 Å². The molecule has 22 heavy (non-hydrogen) atoms. The summed E-state index contributed by atoms with van der Waals surface area (Å²) < 4.78 is 4.86. The summed E-state index contributed by atoms with van der Waals surface area (Å²) in [6.07, 6.45) is 4.65. The number of likely N-dealkylation sites (tertiary alicyclic amines) is 1. The molecule has 0 saturated carbocycles. The monoisotopic (exact) mass is 324 g/mol. The van der Waals surface area contributed by atoms with Crippen LogP contribution >= 0.6 is 11.8 Å². The number of hydrogen-bond acceptors (Lipinski definition) is 7. The summed E-state index contributed by atoms with van der Waals surface area (Å²) in [6, 6.07) is 0. The zero-order valence-electron chi connectivity index (χ0n) is 12.6. The molecular weight excluding hydrogens is 304 g/mol. The molecule has 2 N–H and O–H groups in total. The van der Waals surface area contributed by atoms with Gasteiger partial charge in [0.25, 0.3) is 0 Å². The third-order valence-electron chi connectivity index (χ3n) is 3.32. The van der Waals surface area contributed by atoms with Crippen LogP contribution in [0.25, 0.3) is 0 Å². The van der Waals surface area contributed by atoms with Gasteiger partial charge in [0.2, 0.25) is 5.91 Å². The summed E-state index contributed by atoms with van der Waals surface area (Å²) in [5.41, 5.74) is 5.89. The SMILES string of the molecule is CCOC(=O)c1cnc(SCC(=O)N2CCCCC2)nc1N. The van der Waals surface area contributed by atoms with Crippen molar-refractivity contribution < 1.29 is 14.3 Å². The quantitative estimate of drug-likeness (QED) is 0.496. The number of carbonyl (C=O) groups excluding carboxylic acids is 2. The summed E-state index contributed by atoms with van der Waals surface area (Å²) in [5, 5.41) is 0.385. The number of hydrogen-bond donors (Lipinski definition) is 1. The number of nitrogen functional groups attached to an aromatic ring is 1. The number of carbonyl (C=O) groups is 2. The van der Waals surface area contributed by atoms with E-state index >= 15 is 0 Å². The van der Waals surface area contributed by atoms with Crippen LogP contribution in [0.3, 0.4) is 0 Å². The van der Waals surface area contributed by atoms with Crippen molar-refractivity contribution in [2.45, 2.75) is 31.3 Å². The maximum atomic E-state index is 12.1. The van der Waals surface area contributed by atoms with Crippen molar-refractivity contribution in [1.82, 2.24) is 14.9 Å². The molecule has 0 atom stereocenters. The van der Waals surface area contributed by atoms with E-state index in [2.05, 4.69) is 9.97 Å². The van der Waals surface area contributed by atoms with Crippen LogP contribution in [0.4, 0.5) is 5.82 Å². The first-order valence-corrected chi connectivity index (χ1v) is 8.30. The maximum absolute atomic E-state index is 12.1. The molecule has 1 fully saturated rings. The number of esters is 1. The Balaban J connectivity index is 1.91. The number of rotatable bonds is 5. The first kappa shape index (κ1) is 16.5. The van der Waals surface area contributed by atoms with Crippen LogP contribution in [-0.2, 0) is 9.53 Å². The largest absolute Gasteiger partial charge is 0.462 e. The molecule has 0 aromatic carbocycles. The van der Waals surface area contributed by atoms with E-state index in [0.717, 1.165) is 25.9 Å². The molecule has 1 aromatic rings. The van der Waals surface area contributed by atoms with Crippen molar-refractivity contribution in [3.05, 3.63) is 11.8 Å². The summed E-state index contributed by atoms with van der Waals surface area (Å²) in [5.74, 6) is -0.110. The van der Waals surface area contributed by atoms with Gasteiger partial charge in [-0.15, -0.1) is 0 Å². The molecule has 120 valence electrons. The van der Waals surface area contributed by atoms with Gasteiger partial charge in [-0.25, -0.2) is 14.8 Å². The van der Waals surface area contributed by atoms with Crippen LogP contribution in [-0.4, -0.2) is 52.2 Å². The van der Waals surface area contributed by atoms with E-state index in [-0.39, 0.29) is 29.6 Å². The minimum absolute atomic E-state index is 0.0707. The highest BCUT2D eigenvalue weighted by atomic mass is 32.2. The second-order valence-corrected chi connectivity index (χ2v) is 5.84. The minimum Gasteiger partial charge on any atom is -0.462 e. The lowest BCUT2D eigenvalue weighted by atomic mass is 10.1. The fraction of sp³-hybridized carbons (Fsp3) is 0.571. The van der Waals surface area contributed by atoms with E-state index in [4.69, 9.17) is 10.5 Å². The second kappa shape index (κ2) is 7.98. The standard InChI is InChI=1S/C14H20N4O3S/c1-2-21-13(20)10-8-16-14(17-12(10)15)22-9-11(19)18-6-4-3-5-7-18/h8H,2-7,9H2,1H3,(H2,15,16,17). The Bertz CT molecular complexity index is 547. The van der Waals surface area contributed by atoms with Gasteiger partial charge in [0.15, 0.2) is 5.16 Å². The first-order chi connectivity index (χ1) is 10.6. The molecule has 1 aromatic heterocycles. The number of thioether (sulfide) groups is 1. The lowest BCUT2D eigenvalue weighted by molar-refractivity contribution is -0.129. The zero-order valence-corrected chi connectivity index (χ0v) is 13.4. The van der Waals surface area contributed by atoms with Crippen molar-refractivity contribution in [2.24, 2.45) is 0 Å². The number of piperidine rings is 1. The summed E-state index contributed by atoms with van der Waals surface area (Å²) in [7, 11) is 0. The predicted octanol–water partition coefficient (Wildman–Crippen LogP) is 1.34.